The molecule has 8 nitrogen and oxygen atoms in total. The lowest BCUT2D eigenvalue weighted by atomic mass is 10.4. The van der Waals surface area contributed by atoms with Crippen LogP contribution in [0.4, 0.5) is 5.82 Å². The van der Waals surface area contributed by atoms with Crippen LogP contribution in [0.15, 0.2) is 23.5 Å². The number of nitrogens with zero attached hydrogens (tertiary/aromatic N) is 4. The summed E-state index contributed by atoms with van der Waals surface area (Å²) in [7, 11) is 1.66. The summed E-state index contributed by atoms with van der Waals surface area (Å²) >= 11 is 1.47. The van der Waals surface area contributed by atoms with Crippen molar-refractivity contribution in [3.8, 4) is 0 Å². The van der Waals surface area contributed by atoms with Gasteiger partial charge in [-0.3, -0.25) is 4.79 Å². The molecule has 9 heteroatoms. The van der Waals surface area contributed by atoms with Crippen LogP contribution >= 0.6 is 11.8 Å². The Balaban J connectivity index is 2.16. The first-order valence-electron chi connectivity index (χ1n) is 7.60. The van der Waals surface area contributed by atoms with E-state index < -0.39 is 0 Å². The van der Waals surface area contributed by atoms with Gasteiger partial charge in [-0.05, 0) is 19.3 Å². The van der Waals surface area contributed by atoms with Crippen molar-refractivity contribution in [2.75, 3.05) is 38.4 Å². The number of methoxy groups -OCH3 is 1. The highest BCUT2D eigenvalue weighted by atomic mass is 32.2. The van der Waals surface area contributed by atoms with Crippen molar-refractivity contribution in [2.24, 2.45) is 0 Å². The second kappa shape index (κ2) is 9.24. The molecule has 0 saturated carbocycles. The molecule has 0 aromatic carbocycles. The van der Waals surface area contributed by atoms with E-state index in [-0.39, 0.29) is 5.91 Å². The molecule has 0 fully saturated rings. The van der Waals surface area contributed by atoms with E-state index in [0.29, 0.717) is 31.4 Å². The minimum absolute atomic E-state index is 0.115. The van der Waals surface area contributed by atoms with Gasteiger partial charge in [-0.2, -0.15) is 5.10 Å². The largest absolute Gasteiger partial charge is 0.383 e. The van der Waals surface area contributed by atoms with Crippen molar-refractivity contribution in [3.63, 3.8) is 0 Å². The summed E-state index contributed by atoms with van der Waals surface area (Å²) in [6, 6.07) is 0. The highest BCUT2D eigenvalue weighted by Crippen LogP contribution is 2.23. The summed E-state index contributed by atoms with van der Waals surface area (Å²) < 4.78 is 6.83. The minimum Gasteiger partial charge on any atom is -0.383 e. The second-order valence-electron chi connectivity index (χ2n) is 4.87. The van der Waals surface area contributed by atoms with E-state index in [1.165, 1.54) is 17.8 Å². The molecule has 2 aromatic heterocycles. The van der Waals surface area contributed by atoms with Crippen molar-refractivity contribution in [2.45, 2.75) is 18.6 Å². The standard InChI is InChI=1S/C15H22N6O2S/c1-4-5-12(22)16-6-8-21-14-11(10-18-21)13(17-7-9-23-2)19-15(20-14)24-3/h4-5,10H,6-9H2,1-3H3,(H,16,22)(H,17,19,20)/b5-4-. The molecule has 2 aromatic rings. The number of allylic oxidation sites excluding steroid dienone is 1. The fraction of sp³-hybridized carbons (Fsp3) is 0.467. The summed E-state index contributed by atoms with van der Waals surface area (Å²) in [4.78, 5) is 20.5. The molecule has 2 rings (SSSR count). The van der Waals surface area contributed by atoms with Gasteiger partial charge in [-0.1, -0.05) is 17.8 Å². The Kier molecular flexibility index (Phi) is 7.01. The number of nitrogens with one attached hydrogen (secondary N) is 2. The molecule has 24 heavy (non-hydrogen) atoms. The fourth-order valence-electron chi connectivity index (χ4n) is 2.09. The molecule has 0 aliphatic heterocycles. The number of fused-ring (bicyclic) bond motifs is 1. The average molecular weight is 350 g/mol. The Morgan fingerprint density at radius 3 is 2.96 bits per heavy atom. The van der Waals surface area contributed by atoms with Gasteiger partial charge in [0.1, 0.15) is 5.82 Å². The molecule has 0 bridgehead atoms. The van der Waals surface area contributed by atoms with Gasteiger partial charge in [0.2, 0.25) is 5.91 Å². The SMILES string of the molecule is C/C=C\C(=O)NCCn1ncc2c(NCCOC)nc(SC)nc21. The molecule has 0 saturated heterocycles. The lowest BCUT2D eigenvalue weighted by Crippen LogP contribution is -2.25. The van der Waals surface area contributed by atoms with Gasteiger partial charge in [0.05, 0.1) is 24.7 Å². The van der Waals surface area contributed by atoms with Gasteiger partial charge in [-0.25, -0.2) is 14.6 Å². The molecule has 130 valence electrons. The van der Waals surface area contributed by atoms with Gasteiger partial charge in [0, 0.05) is 20.2 Å². The van der Waals surface area contributed by atoms with E-state index >= 15 is 0 Å². The van der Waals surface area contributed by atoms with E-state index in [0.717, 1.165) is 16.9 Å². The number of hydrogen-bond acceptors (Lipinski definition) is 7. The smallest absolute Gasteiger partial charge is 0.243 e. The third-order valence-electron chi connectivity index (χ3n) is 3.20. The van der Waals surface area contributed by atoms with Gasteiger partial charge >= 0.3 is 0 Å². The van der Waals surface area contributed by atoms with Crippen molar-refractivity contribution in [1.82, 2.24) is 25.1 Å². The number of anilines is 1. The van der Waals surface area contributed by atoms with Gasteiger partial charge in [0.15, 0.2) is 10.8 Å². The number of hydrogen-bond donors (Lipinski definition) is 2. The third kappa shape index (κ3) is 4.68. The lowest BCUT2D eigenvalue weighted by molar-refractivity contribution is -0.116. The zero-order valence-corrected chi connectivity index (χ0v) is 14.9. The summed E-state index contributed by atoms with van der Waals surface area (Å²) in [5.41, 5.74) is 0.745. The predicted octanol–water partition coefficient (Wildman–Crippen LogP) is 1.30. The van der Waals surface area contributed by atoms with Crippen molar-refractivity contribution in [3.05, 3.63) is 18.3 Å². The van der Waals surface area contributed by atoms with Crippen LogP contribution < -0.4 is 10.6 Å². The molecule has 0 spiro atoms. The molecule has 2 N–H and O–H groups in total. The van der Waals surface area contributed by atoms with Gasteiger partial charge < -0.3 is 15.4 Å². The Morgan fingerprint density at radius 1 is 1.42 bits per heavy atom. The minimum atomic E-state index is -0.115. The first-order valence-corrected chi connectivity index (χ1v) is 8.83. The highest BCUT2D eigenvalue weighted by molar-refractivity contribution is 7.98. The summed E-state index contributed by atoms with van der Waals surface area (Å²) in [5, 5.41) is 11.9. The van der Waals surface area contributed by atoms with E-state index in [2.05, 4.69) is 25.7 Å². The first-order chi connectivity index (χ1) is 11.7. The zero-order valence-electron chi connectivity index (χ0n) is 14.1. The van der Waals surface area contributed by atoms with Gasteiger partial charge in [0.25, 0.3) is 0 Å². The maximum atomic E-state index is 11.5. The second-order valence-corrected chi connectivity index (χ2v) is 5.65. The number of carbonyl (C=O) groups excluding carboxylic acids is 1. The van der Waals surface area contributed by atoms with E-state index in [4.69, 9.17) is 4.74 Å². The highest BCUT2D eigenvalue weighted by Gasteiger charge is 2.12. The molecule has 2 heterocycles. The first kappa shape index (κ1) is 18.2. The molecule has 0 aliphatic rings. The van der Waals surface area contributed by atoms with E-state index in [1.807, 2.05) is 6.26 Å². The van der Waals surface area contributed by atoms with E-state index in [9.17, 15) is 4.79 Å². The molecule has 0 atom stereocenters. The van der Waals surface area contributed by atoms with Crippen LogP contribution in [-0.2, 0) is 16.1 Å². The van der Waals surface area contributed by atoms with Crippen LogP contribution in [0.5, 0.6) is 0 Å². The summed E-state index contributed by atoms with van der Waals surface area (Å²) in [5.74, 6) is 0.626. The predicted molar refractivity (Wildman–Crippen MR) is 95.3 cm³/mol. The normalized spacial score (nSPS) is 11.3. The Labute approximate surface area is 145 Å². The quantitative estimate of drug-likeness (QED) is 0.305. The number of aromatic nitrogens is 4. The number of amides is 1. The Hall–Kier alpha value is -2.13. The number of ether oxygens (including phenoxy) is 1. The monoisotopic (exact) mass is 350 g/mol. The van der Waals surface area contributed by atoms with Crippen LogP contribution in [-0.4, -0.2) is 58.7 Å². The Morgan fingerprint density at radius 2 is 2.25 bits per heavy atom. The van der Waals surface area contributed by atoms with Crippen molar-refractivity contribution in [1.29, 1.82) is 0 Å². The molecule has 1 amide bonds. The topological polar surface area (TPSA) is 94.0 Å². The number of carbonyl (C=O) groups is 1. The van der Waals surface area contributed by atoms with Crippen LogP contribution in [0.25, 0.3) is 11.0 Å². The fourth-order valence-corrected chi connectivity index (χ4v) is 2.45. The third-order valence-corrected chi connectivity index (χ3v) is 3.75. The summed E-state index contributed by atoms with van der Waals surface area (Å²) in [6.45, 7) is 4.06. The number of thioether (sulfide) groups is 1. The molecular weight excluding hydrogens is 328 g/mol. The van der Waals surface area contributed by atoms with Crippen molar-refractivity contribution < 1.29 is 9.53 Å². The van der Waals surface area contributed by atoms with Crippen molar-refractivity contribution >= 4 is 34.5 Å². The summed E-state index contributed by atoms with van der Waals surface area (Å²) in [6.07, 6.45) is 6.86. The maximum Gasteiger partial charge on any atom is 0.243 e. The van der Waals surface area contributed by atoms with E-state index in [1.54, 1.807) is 31.0 Å². The van der Waals surface area contributed by atoms with Crippen LogP contribution in [0, 0.1) is 0 Å². The van der Waals surface area contributed by atoms with Crippen LogP contribution in [0.2, 0.25) is 0 Å². The Bertz CT molecular complexity index is 715. The lowest BCUT2D eigenvalue weighted by Gasteiger charge is -2.08. The zero-order chi connectivity index (χ0) is 17.4. The molecule has 0 radical (unpaired) electrons. The average Bonchev–Trinajstić information content (AvgIpc) is 2.98. The van der Waals surface area contributed by atoms with Crippen LogP contribution in [0.3, 0.4) is 0 Å². The van der Waals surface area contributed by atoms with Gasteiger partial charge in [-0.15, -0.1) is 0 Å². The molecular formula is C15H22N6O2S. The number of rotatable bonds is 9. The molecule has 0 unspecified atom stereocenters. The van der Waals surface area contributed by atoms with Crippen LogP contribution in [0.1, 0.15) is 6.92 Å². The molecule has 0 aliphatic carbocycles. The maximum absolute atomic E-state index is 11.5.